The number of ether oxygens (including phenoxy) is 7. The van der Waals surface area contributed by atoms with Gasteiger partial charge in [0, 0.05) is 6.08 Å². The van der Waals surface area contributed by atoms with Crippen LogP contribution in [0.3, 0.4) is 0 Å². The first kappa shape index (κ1) is 39.8. The van der Waals surface area contributed by atoms with Crippen LogP contribution >= 0.6 is 0 Å². The van der Waals surface area contributed by atoms with Crippen LogP contribution in [0.5, 0.6) is 0 Å². The third-order valence-electron chi connectivity index (χ3n) is 8.81. The average Bonchev–Trinajstić information content (AvgIpc) is 3.42. The number of aliphatic hydroxyl groups is 9. The molecule has 0 aliphatic carbocycles. The molecule has 286 valence electrons. The van der Waals surface area contributed by atoms with Gasteiger partial charge in [0.1, 0.15) is 67.6 Å². The monoisotopic (exact) mass is 738 g/mol. The summed E-state index contributed by atoms with van der Waals surface area (Å²) in [6.07, 6.45) is -21.3. The topological polar surface area (TPSA) is 281 Å². The van der Waals surface area contributed by atoms with Gasteiger partial charge in [0.2, 0.25) is 5.79 Å². The number of hydrogen-bond donors (Lipinski definition) is 9. The minimum Gasteiger partial charge on any atom is -0.457 e. The van der Waals surface area contributed by atoms with E-state index in [0.717, 1.165) is 6.08 Å². The maximum absolute atomic E-state index is 13.3. The van der Waals surface area contributed by atoms with E-state index in [-0.39, 0.29) is 5.56 Å². The fourth-order valence-corrected chi connectivity index (χ4v) is 5.93. The predicted octanol–water partition coefficient (Wildman–Crippen LogP) is -3.44. The van der Waals surface area contributed by atoms with Crippen LogP contribution in [0.25, 0.3) is 6.08 Å². The highest BCUT2D eigenvalue weighted by atomic mass is 16.8. The Bertz CT molecular complexity index is 1480. The van der Waals surface area contributed by atoms with Crippen LogP contribution in [-0.2, 0) is 38.0 Å². The SMILES string of the molecule is O=C(/C=C/c1ccccc1)OC[C@@]1(O[C@H]2O[C@H](CO)[C@@H](O)[C@H](O)[C@H]2O[C@@H]2O[C@H](CO)[C@@H](O)[C@H](O)[C@H]2O)O[C@H](CO)[C@@H](O)[C@@H]1OC(=O)c1ccccc1. The fraction of sp³-hybridized carbons (Fsp3) is 0.529. The Morgan fingerprint density at radius 1 is 0.692 bits per heavy atom. The molecule has 0 amide bonds. The van der Waals surface area contributed by atoms with Crippen molar-refractivity contribution >= 4 is 18.0 Å². The van der Waals surface area contributed by atoms with Crippen molar-refractivity contribution in [2.45, 2.75) is 85.5 Å². The summed E-state index contributed by atoms with van der Waals surface area (Å²) in [5.74, 6) is -4.54. The molecule has 0 aromatic heterocycles. The molecule has 0 radical (unpaired) electrons. The highest BCUT2D eigenvalue weighted by molar-refractivity contribution is 5.89. The van der Waals surface area contributed by atoms with Gasteiger partial charge in [-0.15, -0.1) is 0 Å². The summed E-state index contributed by atoms with van der Waals surface area (Å²) in [4.78, 5) is 26.2. The molecule has 0 bridgehead atoms. The molecule has 0 unspecified atom stereocenters. The predicted molar refractivity (Wildman–Crippen MR) is 170 cm³/mol. The zero-order valence-electron chi connectivity index (χ0n) is 27.5. The Morgan fingerprint density at radius 3 is 1.88 bits per heavy atom. The van der Waals surface area contributed by atoms with Crippen LogP contribution in [0.15, 0.2) is 66.7 Å². The molecule has 2 aromatic rings. The van der Waals surface area contributed by atoms with Crippen LogP contribution in [0.2, 0.25) is 0 Å². The molecule has 3 aliphatic heterocycles. The lowest BCUT2D eigenvalue weighted by molar-refractivity contribution is -0.407. The maximum atomic E-state index is 13.3. The molecule has 9 N–H and O–H groups in total. The number of carbonyl (C=O) groups is 2. The molecule has 3 heterocycles. The fourth-order valence-electron chi connectivity index (χ4n) is 5.93. The summed E-state index contributed by atoms with van der Waals surface area (Å²) in [7, 11) is 0. The van der Waals surface area contributed by atoms with Gasteiger partial charge in [0.25, 0.3) is 0 Å². The highest BCUT2D eigenvalue weighted by Gasteiger charge is 2.62. The van der Waals surface area contributed by atoms with Gasteiger partial charge in [-0.1, -0.05) is 48.5 Å². The van der Waals surface area contributed by atoms with Crippen molar-refractivity contribution in [3.05, 3.63) is 77.9 Å². The van der Waals surface area contributed by atoms with Gasteiger partial charge in [0.15, 0.2) is 18.7 Å². The van der Waals surface area contributed by atoms with Gasteiger partial charge in [-0.2, -0.15) is 0 Å². The second kappa shape index (κ2) is 17.6. The summed E-state index contributed by atoms with van der Waals surface area (Å²) in [6, 6.07) is 16.2. The number of esters is 2. The van der Waals surface area contributed by atoms with E-state index in [9.17, 15) is 55.5 Å². The Balaban J connectivity index is 1.50. The molecule has 18 heteroatoms. The molecule has 2 aromatic carbocycles. The van der Waals surface area contributed by atoms with E-state index < -0.39 is 124 Å². The lowest BCUT2D eigenvalue weighted by atomic mass is 9.97. The van der Waals surface area contributed by atoms with Crippen molar-refractivity contribution in [3.8, 4) is 0 Å². The Kier molecular flexibility index (Phi) is 13.4. The minimum atomic E-state index is -2.57. The number of hydrogen-bond acceptors (Lipinski definition) is 18. The molecule has 5 rings (SSSR count). The van der Waals surface area contributed by atoms with Crippen molar-refractivity contribution in [2.75, 3.05) is 26.4 Å². The van der Waals surface area contributed by atoms with Crippen molar-refractivity contribution in [1.82, 2.24) is 0 Å². The zero-order chi connectivity index (χ0) is 37.6. The van der Waals surface area contributed by atoms with E-state index in [1.807, 2.05) is 0 Å². The minimum absolute atomic E-state index is 0.0236. The first-order chi connectivity index (χ1) is 24.9. The van der Waals surface area contributed by atoms with Gasteiger partial charge in [-0.3, -0.25) is 0 Å². The zero-order valence-corrected chi connectivity index (χ0v) is 27.5. The first-order valence-electron chi connectivity index (χ1n) is 16.3. The second-order valence-corrected chi connectivity index (χ2v) is 12.3. The van der Waals surface area contributed by atoms with E-state index in [4.69, 9.17) is 33.2 Å². The number of rotatable bonds is 13. The lowest BCUT2D eigenvalue weighted by Gasteiger charge is -2.47. The maximum Gasteiger partial charge on any atom is 0.338 e. The van der Waals surface area contributed by atoms with Crippen molar-refractivity contribution in [1.29, 1.82) is 0 Å². The van der Waals surface area contributed by atoms with Crippen molar-refractivity contribution in [2.24, 2.45) is 0 Å². The average molecular weight is 739 g/mol. The summed E-state index contributed by atoms with van der Waals surface area (Å²) in [5.41, 5.74) is 0.662. The molecular formula is C34H42O18. The standard InChI is InChI=1S/C34H42O18/c35-13-19-23(39)26(42)28(44)32(47-19)49-29-27(43)24(40)20(14-36)48-33(29)52-34(16-46-22(38)12-11-17-7-3-1-4-8-17)30(25(41)21(15-37)51-34)50-31(45)18-9-5-2-6-10-18/h1-12,19-21,23-30,32-33,35-37,39-44H,13-16H2/b12-11+/t19-,20-,21-,23-,24-,25-,26+,27+,28-,29-,30+,32+,33-,34+/m1/s1. The number of carbonyl (C=O) groups excluding carboxylic acids is 2. The molecule has 52 heavy (non-hydrogen) atoms. The van der Waals surface area contributed by atoms with E-state index in [1.165, 1.54) is 30.3 Å². The molecule has 3 saturated heterocycles. The smallest absolute Gasteiger partial charge is 0.338 e. The lowest BCUT2D eigenvalue weighted by Crippen LogP contribution is -2.66. The van der Waals surface area contributed by atoms with Crippen molar-refractivity contribution < 1.29 is 88.7 Å². The summed E-state index contributed by atoms with van der Waals surface area (Å²) in [5, 5.41) is 94.0. The van der Waals surface area contributed by atoms with E-state index in [0.29, 0.717) is 5.56 Å². The largest absolute Gasteiger partial charge is 0.457 e. The number of aliphatic hydroxyl groups excluding tert-OH is 9. The summed E-state index contributed by atoms with van der Waals surface area (Å²) >= 11 is 0. The highest BCUT2D eigenvalue weighted by Crippen LogP contribution is 2.40. The van der Waals surface area contributed by atoms with Gasteiger partial charge < -0.3 is 79.1 Å². The molecule has 0 spiro atoms. The van der Waals surface area contributed by atoms with Gasteiger partial charge in [-0.25, -0.2) is 9.59 Å². The molecular weight excluding hydrogens is 696 g/mol. The van der Waals surface area contributed by atoms with Crippen LogP contribution < -0.4 is 0 Å². The third-order valence-corrected chi connectivity index (χ3v) is 8.81. The summed E-state index contributed by atoms with van der Waals surface area (Å²) in [6.45, 7) is -3.57. The van der Waals surface area contributed by atoms with Crippen molar-refractivity contribution in [3.63, 3.8) is 0 Å². The third kappa shape index (κ3) is 8.67. The normalized spacial score (nSPS) is 37.9. The first-order valence-corrected chi connectivity index (χ1v) is 16.3. The Labute approximate surface area is 296 Å². The molecule has 3 fully saturated rings. The Hall–Kier alpha value is -3.44. The van der Waals surface area contributed by atoms with Gasteiger partial charge >= 0.3 is 11.9 Å². The van der Waals surface area contributed by atoms with Gasteiger partial charge in [0.05, 0.1) is 25.4 Å². The quantitative estimate of drug-likeness (QED) is 0.0714. The summed E-state index contributed by atoms with van der Waals surface area (Å²) < 4.78 is 40.0. The van der Waals surface area contributed by atoms with Crippen LogP contribution in [0.1, 0.15) is 15.9 Å². The molecule has 18 nitrogen and oxygen atoms in total. The van der Waals surface area contributed by atoms with Crippen LogP contribution in [-0.4, -0.2) is 170 Å². The second-order valence-electron chi connectivity index (χ2n) is 12.3. The Morgan fingerprint density at radius 2 is 1.27 bits per heavy atom. The van der Waals surface area contributed by atoms with E-state index in [2.05, 4.69) is 0 Å². The van der Waals surface area contributed by atoms with E-state index in [1.54, 1.807) is 36.4 Å². The molecule has 0 saturated carbocycles. The molecule has 3 aliphatic rings. The van der Waals surface area contributed by atoms with Gasteiger partial charge in [-0.05, 0) is 23.8 Å². The molecule has 14 atom stereocenters. The van der Waals surface area contributed by atoms with E-state index >= 15 is 0 Å². The number of benzene rings is 2. The van der Waals surface area contributed by atoms with Crippen LogP contribution in [0.4, 0.5) is 0 Å². The van der Waals surface area contributed by atoms with Crippen LogP contribution in [0, 0.1) is 0 Å².